The van der Waals surface area contributed by atoms with Crippen molar-refractivity contribution in [3.8, 4) is 5.75 Å². The van der Waals surface area contributed by atoms with Gasteiger partial charge in [-0.1, -0.05) is 29.8 Å². The van der Waals surface area contributed by atoms with Gasteiger partial charge >= 0.3 is 0 Å². The molecule has 0 bridgehead atoms. The van der Waals surface area contributed by atoms with Crippen molar-refractivity contribution in [3.05, 3.63) is 51.2 Å². The molecule has 1 atom stereocenters. The summed E-state index contributed by atoms with van der Waals surface area (Å²) in [6.07, 6.45) is 0. The molecule has 0 aliphatic heterocycles. The van der Waals surface area contributed by atoms with Crippen LogP contribution < -0.4 is 10.5 Å². The van der Waals surface area contributed by atoms with E-state index in [2.05, 4.69) is 0 Å². The first-order valence-corrected chi connectivity index (χ1v) is 7.60. The SMILES string of the molecule is COc1ccccc1[C@@H](N)C(=O)N(C)Cc1ccc(Cl)s1. The first-order chi connectivity index (χ1) is 10.0. The van der Waals surface area contributed by atoms with E-state index < -0.39 is 6.04 Å². The van der Waals surface area contributed by atoms with Crippen LogP contribution in [0.4, 0.5) is 0 Å². The zero-order valence-corrected chi connectivity index (χ0v) is 13.4. The Morgan fingerprint density at radius 2 is 2.10 bits per heavy atom. The van der Waals surface area contributed by atoms with Crippen LogP contribution in [-0.2, 0) is 11.3 Å². The Morgan fingerprint density at radius 3 is 2.71 bits per heavy atom. The normalized spacial score (nSPS) is 12.0. The highest BCUT2D eigenvalue weighted by Crippen LogP contribution is 2.26. The maximum absolute atomic E-state index is 12.4. The molecular weight excluding hydrogens is 308 g/mol. The van der Waals surface area contributed by atoms with Crippen LogP contribution in [0.25, 0.3) is 0 Å². The van der Waals surface area contributed by atoms with Crippen molar-refractivity contribution in [1.29, 1.82) is 0 Å². The number of ether oxygens (including phenoxy) is 1. The van der Waals surface area contributed by atoms with Crippen LogP contribution in [0, 0.1) is 0 Å². The van der Waals surface area contributed by atoms with E-state index in [1.165, 1.54) is 11.3 Å². The van der Waals surface area contributed by atoms with Crippen LogP contribution >= 0.6 is 22.9 Å². The average Bonchev–Trinajstić information content (AvgIpc) is 2.90. The van der Waals surface area contributed by atoms with Crippen molar-refractivity contribution >= 4 is 28.8 Å². The van der Waals surface area contributed by atoms with Crippen molar-refractivity contribution in [2.75, 3.05) is 14.2 Å². The number of hydrogen-bond acceptors (Lipinski definition) is 4. The number of nitrogens with zero attached hydrogens (tertiary/aromatic N) is 1. The molecule has 0 radical (unpaired) electrons. The van der Waals surface area contributed by atoms with Gasteiger partial charge in [0.25, 0.3) is 0 Å². The first kappa shape index (κ1) is 15.8. The molecular formula is C15H17ClN2O2S. The molecule has 112 valence electrons. The van der Waals surface area contributed by atoms with E-state index >= 15 is 0 Å². The lowest BCUT2D eigenvalue weighted by atomic mass is 10.1. The zero-order chi connectivity index (χ0) is 15.4. The Kier molecular flexibility index (Phi) is 5.22. The Hall–Kier alpha value is -1.56. The second kappa shape index (κ2) is 6.93. The Labute approximate surface area is 133 Å². The van der Waals surface area contributed by atoms with Gasteiger partial charge in [-0.25, -0.2) is 0 Å². The highest BCUT2D eigenvalue weighted by atomic mass is 35.5. The number of thiophene rings is 1. The van der Waals surface area contributed by atoms with Crippen LogP contribution in [0.15, 0.2) is 36.4 Å². The predicted molar refractivity (Wildman–Crippen MR) is 85.7 cm³/mol. The molecule has 1 aromatic heterocycles. The molecule has 0 fully saturated rings. The monoisotopic (exact) mass is 324 g/mol. The lowest BCUT2D eigenvalue weighted by Crippen LogP contribution is -2.35. The topological polar surface area (TPSA) is 55.6 Å². The van der Waals surface area contributed by atoms with Gasteiger partial charge in [-0.15, -0.1) is 11.3 Å². The van der Waals surface area contributed by atoms with Crippen LogP contribution in [0.3, 0.4) is 0 Å². The summed E-state index contributed by atoms with van der Waals surface area (Å²) in [6, 6.07) is 10.3. The van der Waals surface area contributed by atoms with Gasteiger partial charge in [0.2, 0.25) is 5.91 Å². The number of methoxy groups -OCH3 is 1. The first-order valence-electron chi connectivity index (χ1n) is 6.40. The van der Waals surface area contributed by atoms with E-state index in [4.69, 9.17) is 22.1 Å². The van der Waals surface area contributed by atoms with Gasteiger partial charge in [-0.3, -0.25) is 4.79 Å². The van der Waals surface area contributed by atoms with Crippen LogP contribution in [-0.4, -0.2) is 25.0 Å². The number of hydrogen-bond donors (Lipinski definition) is 1. The van der Waals surface area contributed by atoms with Crippen LogP contribution in [0.5, 0.6) is 5.75 Å². The molecule has 0 aliphatic rings. The van der Waals surface area contributed by atoms with Crippen molar-refractivity contribution in [1.82, 2.24) is 4.90 Å². The molecule has 2 N–H and O–H groups in total. The molecule has 4 nitrogen and oxygen atoms in total. The molecule has 1 aromatic carbocycles. The standard InChI is InChI=1S/C15H17ClN2O2S/c1-18(9-10-7-8-13(16)21-10)15(19)14(17)11-5-3-4-6-12(11)20-2/h3-8,14H,9,17H2,1-2H3/t14-/m1/s1. The summed E-state index contributed by atoms with van der Waals surface area (Å²) in [4.78, 5) is 15.1. The number of nitrogens with two attached hydrogens (primary N) is 1. The molecule has 0 saturated heterocycles. The summed E-state index contributed by atoms with van der Waals surface area (Å²) in [7, 11) is 3.29. The summed E-state index contributed by atoms with van der Waals surface area (Å²) in [6.45, 7) is 0.485. The maximum Gasteiger partial charge on any atom is 0.244 e. The number of amides is 1. The fourth-order valence-electron chi connectivity index (χ4n) is 2.04. The van der Waals surface area contributed by atoms with E-state index in [9.17, 15) is 4.79 Å². The highest BCUT2D eigenvalue weighted by Gasteiger charge is 2.23. The van der Waals surface area contributed by atoms with Gasteiger partial charge in [-0.05, 0) is 18.2 Å². The second-order valence-corrected chi connectivity index (χ2v) is 6.42. The summed E-state index contributed by atoms with van der Waals surface area (Å²) in [5, 5.41) is 0. The van der Waals surface area contributed by atoms with E-state index in [-0.39, 0.29) is 5.91 Å². The molecule has 0 spiro atoms. The predicted octanol–water partition coefficient (Wildman–Crippen LogP) is 3.07. The largest absolute Gasteiger partial charge is 0.496 e. The van der Waals surface area contributed by atoms with Gasteiger partial charge in [0.05, 0.1) is 18.0 Å². The smallest absolute Gasteiger partial charge is 0.244 e. The number of carbonyl (C=O) groups is 1. The maximum atomic E-state index is 12.4. The molecule has 1 heterocycles. The molecule has 0 aliphatic carbocycles. The zero-order valence-electron chi connectivity index (χ0n) is 11.9. The van der Waals surface area contributed by atoms with Crippen LogP contribution in [0.2, 0.25) is 4.34 Å². The van der Waals surface area contributed by atoms with Gasteiger partial charge < -0.3 is 15.4 Å². The van der Waals surface area contributed by atoms with Crippen molar-refractivity contribution < 1.29 is 9.53 Å². The number of para-hydroxylation sites is 1. The van der Waals surface area contributed by atoms with Gasteiger partial charge in [0.15, 0.2) is 0 Å². The average molecular weight is 325 g/mol. The Bertz CT molecular complexity index is 630. The van der Waals surface area contributed by atoms with Gasteiger partial charge in [-0.2, -0.15) is 0 Å². The third-order valence-electron chi connectivity index (χ3n) is 3.14. The van der Waals surface area contributed by atoms with Gasteiger partial charge in [0.1, 0.15) is 11.8 Å². The molecule has 6 heteroatoms. The van der Waals surface area contributed by atoms with E-state index in [1.807, 2.05) is 24.3 Å². The minimum atomic E-state index is -0.749. The molecule has 21 heavy (non-hydrogen) atoms. The fourth-order valence-corrected chi connectivity index (χ4v) is 3.18. The quantitative estimate of drug-likeness (QED) is 0.919. The molecule has 0 saturated carbocycles. The summed E-state index contributed by atoms with van der Waals surface area (Å²) >= 11 is 7.35. The van der Waals surface area contributed by atoms with E-state index in [1.54, 1.807) is 31.2 Å². The molecule has 2 rings (SSSR count). The van der Waals surface area contributed by atoms with Crippen molar-refractivity contribution in [2.45, 2.75) is 12.6 Å². The van der Waals surface area contributed by atoms with Gasteiger partial charge in [0, 0.05) is 17.5 Å². The van der Waals surface area contributed by atoms with Crippen LogP contribution in [0.1, 0.15) is 16.5 Å². The second-order valence-electron chi connectivity index (χ2n) is 4.62. The number of benzene rings is 1. The number of rotatable bonds is 5. The lowest BCUT2D eigenvalue weighted by molar-refractivity contribution is -0.131. The van der Waals surface area contributed by atoms with Crippen molar-refractivity contribution in [3.63, 3.8) is 0 Å². The summed E-state index contributed by atoms with van der Waals surface area (Å²) < 4.78 is 5.96. The Balaban J connectivity index is 2.11. The summed E-state index contributed by atoms with van der Waals surface area (Å²) in [5.41, 5.74) is 6.76. The van der Waals surface area contributed by atoms with E-state index in [0.717, 1.165) is 4.88 Å². The lowest BCUT2D eigenvalue weighted by Gasteiger charge is -2.22. The minimum absolute atomic E-state index is 0.163. The molecule has 0 unspecified atom stereocenters. The summed E-state index contributed by atoms with van der Waals surface area (Å²) in [5.74, 6) is 0.454. The number of carbonyl (C=O) groups excluding carboxylic acids is 1. The number of likely N-dealkylation sites (N-methyl/N-ethyl adjacent to an activating group) is 1. The van der Waals surface area contributed by atoms with E-state index in [0.29, 0.717) is 22.2 Å². The third kappa shape index (κ3) is 3.75. The molecule has 1 amide bonds. The Morgan fingerprint density at radius 1 is 1.38 bits per heavy atom. The minimum Gasteiger partial charge on any atom is -0.496 e. The molecule has 2 aromatic rings. The highest BCUT2D eigenvalue weighted by molar-refractivity contribution is 7.16. The van der Waals surface area contributed by atoms with Crippen molar-refractivity contribution in [2.24, 2.45) is 5.73 Å². The fraction of sp³-hybridized carbons (Fsp3) is 0.267. The third-order valence-corrected chi connectivity index (χ3v) is 4.35. The number of halogens is 1.